The van der Waals surface area contributed by atoms with Gasteiger partial charge in [-0.05, 0) is 43.7 Å². The third-order valence-electron chi connectivity index (χ3n) is 5.33. The lowest BCUT2D eigenvalue weighted by Gasteiger charge is -2.34. The van der Waals surface area contributed by atoms with Crippen LogP contribution in [0.3, 0.4) is 0 Å². The van der Waals surface area contributed by atoms with Gasteiger partial charge in [0.1, 0.15) is 11.0 Å². The van der Waals surface area contributed by atoms with Crippen molar-refractivity contribution in [3.8, 4) is 0 Å². The highest BCUT2D eigenvalue weighted by Crippen LogP contribution is 2.24. The van der Waals surface area contributed by atoms with E-state index in [0.717, 1.165) is 15.3 Å². The Balaban J connectivity index is 1.43. The first-order valence-corrected chi connectivity index (χ1v) is 11.2. The van der Waals surface area contributed by atoms with Crippen molar-refractivity contribution >= 4 is 34.8 Å². The normalized spacial score (nSPS) is 14.2. The zero-order chi connectivity index (χ0) is 22.1. The Morgan fingerprint density at radius 1 is 1.00 bits per heavy atom. The van der Waals surface area contributed by atoms with Crippen LogP contribution in [0, 0.1) is 19.7 Å². The average molecular weight is 461 g/mol. The zero-order valence-corrected chi connectivity index (χ0v) is 18.8. The number of aromatic nitrogens is 2. The molecule has 0 atom stereocenters. The van der Waals surface area contributed by atoms with Crippen LogP contribution in [0.1, 0.15) is 36.2 Å². The van der Waals surface area contributed by atoms with Gasteiger partial charge >= 0.3 is 0 Å². The summed E-state index contributed by atoms with van der Waals surface area (Å²) in [6.45, 7) is 5.89. The Hall–Kier alpha value is -2.71. The molecule has 4 rings (SSSR count). The molecule has 0 N–H and O–H groups in total. The van der Waals surface area contributed by atoms with E-state index >= 15 is 0 Å². The minimum absolute atomic E-state index is 0.00605. The van der Waals surface area contributed by atoms with E-state index in [1.807, 2.05) is 19.1 Å². The summed E-state index contributed by atoms with van der Waals surface area (Å²) in [4.78, 5) is 31.1. The molecule has 2 amide bonds. The molecule has 2 aromatic heterocycles. The van der Waals surface area contributed by atoms with E-state index in [2.05, 4.69) is 5.10 Å². The highest BCUT2D eigenvalue weighted by Gasteiger charge is 2.29. The van der Waals surface area contributed by atoms with Gasteiger partial charge in [-0.15, -0.1) is 11.3 Å². The fourth-order valence-electron chi connectivity index (χ4n) is 3.64. The number of aryl methyl sites for hydroxylation is 2. The Morgan fingerprint density at radius 2 is 1.61 bits per heavy atom. The van der Waals surface area contributed by atoms with Crippen LogP contribution in [0.5, 0.6) is 0 Å². The van der Waals surface area contributed by atoms with E-state index in [4.69, 9.17) is 11.6 Å². The summed E-state index contributed by atoms with van der Waals surface area (Å²) in [5.41, 5.74) is 1.75. The number of rotatable bonds is 4. The molecule has 31 heavy (non-hydrogen) atoms. The molecule has 1 fully saturated rings. The van der Waals surface area contributed by atoms with Crippen molar-refractivity contribution in [3.63, 3.8) is 0 Å². The Morgan fingerprint density at radius 3 is 2.19 bits per heavy atom. The molecule has 1 aromatic carbocycles. The molecule has 0 radical (unpaired) electrons. The summed E-state index contributed by atoms with van der Waals surface area (Å²) in [5, 5.41) is 4.67. The molecule has 6 nitrogen and oxygen atoms in total. The van der Waals surface area contributed by atoms with E-state index in [0.29, 0.717) is 44.0 Å². The number of nitrogens with zero attached hydrogens (tertiary/aromatic N) is 4. The molecule has 0 spiro atoms. The second-order valence-electron chi connectivity index (χ2n) is 7.53. The van der Waals surface area contributed by atoms with Crippen LogP contribution in [0.25, 0.3) is 0 Å². The van der Waals surface area contributed by atoms with E-state index in [1.54, 1.807) is 33.5 Å². The van der Waals surface area contributed by atoms with Gasteiger partial charge in [0.2, 0.25) is 0 Å². The lowest BCUT2D eigenvalue weighted by atomic mass is 10.2. The smallest absolute Gasteiger partial charge is 0.264 e. The molecular weight excluding hydrogens is 439 g/mol. The topological polar surface area (TPSA) is 58.4 Å². The third-order valence-corrected chi connectivity index (χ3v) is 6.70. The van der Waals surface area contributed by atoms with Gasteiger partial charge in [0.05, 0.1) is 22.7 Å². The first-order chi connectivity index (χ1) is 14.8. The number of carbonyl (C=O) groups excluding carboxylic acids is 2. The lowest BCUT2D eigenvalue weighted by molar-refractivity contribution is 0.0537. The second kappa shape index (κ2) is 8.80. The number of piperazine rings is 1. The van der Waals surface area contributed by atoms with E-state index < -0.39 is 0 Å². The minimum Gasteiger partial charge on any atom is -0.335 e. The molecule has 1 aliphatic heterocycles. The van der Waals surface area contributed by atoms with Crippen LogP contribution in [0.4, 0.5) is 4.39 Å². The monoisotopic (exact) mass is 460 g/mol. The molecule has 0 saturated carbocycles. The Bertz CT molecular complexity index is 1120. The Kier molecular flexibility index (Phi) is 6.11. The van der Waals surface area contributed by atoms with Crippen molar-refractivity contribution in [1.82, 2.24) is 19.6 Å². The fourth-order valence-corrected chi connectivity index (χ4v) is 4.79. The van der Waals surface area contributed by atoms with Crippen LogP contribution >= 0.6 is 22.9 Å². The van der Waals surface area contributed by atoms with Crippen LogP contribution in [-0.4, -0.2) is 57.6 Å². The van der Waals surface area contributed by atoms with Crippen LogP contribution < -0.4 is 0 Å². The maximum atomic E-state index is 13.1. The standard InChI is InChI=1S/C22H22ClFN4O2S/c1-14-3-8-18(31-14)21(29)26-9-11-27(12-10-26)22(30)19-15(2)25-28(20(19)23)13-16-4-6-17(24)7-5-16/h3-8H,9-13H2,1-2H3. The van der Waals surface area contributed by atoms with E-state index in [9.17, 15) is 14.0 Å². The van der Waals surface area contributed by atoms with Crippen LogP contribution in [0.15, 0.2) is 36.4 Å². The van der Waals surface area contributed by atoms with Gasteiger partial charge in [0.15, 0.2) is 0 Å². The highest BCUT2D eigenvalue weighted by atomic mass is 35.5. The molecule has 3 heterocycles. The fraction of sp³-hybridized carbons (Fsp3) is 0.318. The van der Waals surface area contributed by atoms with Crippen molar-refractivity contribution in [1.29, 1.82) is 0 Å². The molecule has 0 unspecified atom stereocenters. The highest BCUT2D eigenvalue weighted by molar-refractivity contribution is 7.13. The van der Waals surface area contributed by atoms with Crippen LogP contribution in [-0.2, 0) is 6.54 Å². The van der Waals surface area contributed by atoms with Gasteiger partial charge in [-0.2, -0.15) is 5.10 Å². The number of amides is 2. The van der Waals surface area contributed by atoms with E-state index in [-0.39, 0.29) is 22.8 Å². The average Bonchev–Trinajstić information content (AvgIpc) is 3.31. The molecule has 1 saturated heterocycles. The predicted molar refractivity (Wildman–Crippen MR) is 118 cm³/mol. The molecule has 9 heteroatoms. The number of benzene rings is 1. The van der Waals surface area contributed by atoms with Gasteiger partial charge < -0.3 is 9.80 Å². The quantitative estimate of drug-likeness (QED) is 0.591. The van der Waals surface area contributed by atoms with Crippen molar-refractivity contribution < 1.29 is 14.0 Å². The molecule has 0 bridgehead atoms. The number of carbonyl (C=O) groups is 2. The molecule has 3 aromatic rings. The van der Waals surface area contributed by atoms with Gasteiger partial charge in [0, 0.05) is 31.1 Å². The summed E-state index contributed by atoms with van der Waals surface area (Å²) in [6, 6.07) is 9.86. The van der Waals surface area contributed by atoms with Gasteiger partial charge in [-0.25, -0.2) is 9.07 Å². The maximum absolute atomic E-state index is 13.1. The predicted octanol–water partition coefficient (Wildman–Crippen LogP) is 4.00. The zero-order valence-electron chi connectivity index (χ0n) is 17.3. The largest absolute Gasteiger partial charge is 0.335 e. The van der Waals surface area contributed by atoms with Gasteiger partial charge in [-0.1, -0.05) is 23.7 Å². The number of thiophene rings is 1. The first-order valence-electron chi connectivity index (χ1n) is 9.96. The molecule has 1 aliphatic rings. The van der Waals surface area contributed by atoms with Crippen molar-refractivity contribution in [2.24, 2.45) is 0 Å². The summed E-state index contributed by atoms with van der Waals surface area (Å²) >= 11 is 7.98. The number of hydrogen-bond acceptors (Lipinski definition) is 4. The molecular formula is C22H22ClFN4O2S. The van der Waals surface area contributed by atoms with Crippen molar-refractivity contribution in [3.05, 3.63) is 73.9 Å². The van der Waals surface area contributed by atoms with Crippen LogP contribution in [0.2, 0.25) is 5.15 Å². The molecule has 0 aliphatic carbocycles. The SMILES string of the molecule is Cc1ccc(C(=O)N2CCN(C(=O)c3c(C)nn(Cc4ccc(F)cc4)c3Cl)CC2)s1. The van der Waals surface area contributed by atoms with Gasteiger partial charge in [-0.3, -0.25) is 9.59 Å². The molecule has 162 valence electrons. The Labute approximate surface area is 188 Å². The van der Waals surface area contributed by atoms with Crippen molar-refractivity contribution in [2.75, 3.05) is 26.2 Å². The second-order valence-corrected chi connectivity index (χ2v) is 9.18. The first kappa shape index (κ1) is 21.5. The number of hydrogen-bond donors (Lipinski definition) is 0. The number of halogens is 2. The summed E-state index contributed by atoms with van der Waals surface area (Å²) in [5.74, 6) is -0.493. The van der Waals surface area contributed by atoms with Gasteiger partial charge in [0.25, 0.3) is 11.8 Å². The summed E-state index contributed by atoms with van der Waals surface area (Å²) < 4.78 is 14.7. The lowest BCUT2D eigenvalue weighted by Crippen LogP contribution is -2.50. The van der Waals surface area contributed by atoms with Crippen molar-refractivity contribution in [2.45, 2.75) is 20.4 Å². The van der Waals surface area contributed by atoms with E-state index in [1.165, 1.54) is 23.5 Å². The summed E-state index contributed by atoms with van der Waals surface area (Å²) in [6.07, 6.45) is 0. The minimum atomic E-state index is -0.311. The maximum Gasteiger partial charge on any atom is 0.264 e. The summed E-state index contributed by atoms with van der Waals surface area (Å²) in [7, 11) is 0. The third kappa shape index (κ3) is 4.50.